The highest BCUT2D eigenvalue weighted by Gasteiger charge is 2.37. The van der Waals surface area contributed by atoms with E-state index >= 15 is 0 Å². The number of nitrogens with two attached hydrogens (primary N) is 2. The summed E-state index contributed by atoms with van der Waals surface area (Å²) in [4.78, 5) is 41.5. The van der Waals surface area contributed by atoms with E-state index in [9.17, 15) is 14.4 Å². The van der Waals surface area contributed by atoms with Crippen LogP contribution in [0.1, 0.15) is 64.4 Å². The van der Waals surface area contributed by atoms with Crippen LogP contribution in [0.3, 0.4) is 0 Å². The van der Waals surface area contributed by atoms with E-state index in [-0.39, 0.29) is 28.2 Å². The van der Waals surface area contributed by atoms with Crippen molar-refractivity contribution in [3.8, 4) is 17.2 Å². The van der Waals surface area contributed by atoms with Crippen LogP contribution >= 0.6 is 11.5 Å². The fourth-order valence-corrected chi connectivity index (χ4v) is 5.52. The van der Waals surface area contributed by atoms with Gasteiger partial charge in [0.15, 0.2) is 17.2 Å². The summed E-state index contributed by atoms with van der Waals surface area (Å²) in [6.07, 6.45) is 3.73. The highest BCUT2D eigenvalue weighted by atomic mass is 32.1. The van der Waals surface area contributed by atoms with E-state index < -0.39 is 17.9 Å². The average Bonchev–Trinajstić information content (AvgIpc) is 3.61. The number of methoxy groups -OCH3 is 2. The molecule has 1 heterocycles. The first-order valence-electron chi connectivity index (χ1n) is 12.9. The number of carbonyl (C=O) groups is 3. The monoisotopic (exact) mass is 567 g/mol. The van der Waals surface area contributed by atoms with Gasteiger partial charge in [0.25, 0.3) is 11.8 Å². The number of amides is 3. The molecule has 0 aliphatic heterocycles. The van der Waals surface area contributed by atoms with Gasteiger partial charge in [0, 0.05) is 11.7 Å². The lowest BCUT2D eigenvalue weighted by atomic mass is 10.0. The highest BCUT2D eigenvalue weighted by molar-refractivity contribution is 7.09. The zero-order valence-corrected chi connectivity index (χ0v) is 23.5. The van der Waals surface area contributed by atoms with Crippen LogP contribution in [-0.2, 0) is 4.79 Å². The number of aromatic nitrogens is 1. The molecule has 1 aliphatic rings. The molecule has 3 aromatic rings. The minimum atomic E-state index is -1.13. The third-order valence-electron chi connectivity index (χ3n) is 6.73. The van der Waals surface area contributed by atoms with Crippen LogP contribution in [-0.4, -0.2) is 49.0 Å². The van der Waals surface area contributed by atoms with E-state index in [1.54, 1.807) is 42.5 Å². The van der Waals surface area contributed by atoms with Crippen molar-refractivity contribution in [3.05, 3.63) is 58.6 Å². The summed E-state index contributed by atoms with van der Waals surface area (Å²) in [5.41, 5.74) is 12.1. The molecule has 5 N–H and O–H groups in total. The Morgan fingerprint density at radius 3 is 2.33 bits per heavy atom. The second-order valence-electron chi connectivity index (χ2n) is 9.25. The Morgan fingerprint density at radius 2 is 1.75 bits per heavy atom. The van der Waals surface area contributed by atoms with Crippen molar-refractivity contribution in [2.45, 2.75) is 44.7 Å². The second kappa shape index (κ2) is 12.7. The first-order chi connectivity index (χ1) is 19.3. The van der Waals surface area contributed by atoms with Crippen molar-refractivity contribution in [3.63, 3.8) is 0 Å². The summed E-state index contributed by atoms with van der Waals surface area (Å²) in [7, 11) is 3.01. The molecule has 11 nitrogen and oxygen atoms in total. The molecule has 1 aliphatic carbocycles. The third-order valence-corrected chi connectivity index (χ3v) is 7.58. The molecule has 0 radical (unpaired) electrons. The summed E-state index contributed by atoms with van der Waals surface area (Å²) in [6, 6.07) is 10.7. The molecule has 0 saturated heterocycles. The largest absolute Gasteiger partial charge is 0.494 e. The molecule has 2 aromatic carbocycles. The second-order valence-corrected chi connectivity index (χ2v) is 10.0. The molecule has 212 valence electrons. The van der Waals surface area contributed by atoms with Crippen molar-refractivity contribution in [1.82, 2.24) is 9.69 Å². The van der Waals surface area contributed by atoms with Gasteiger partial charge in [-0.25, -0.2) is 0 Å². The highest BCUT2D eigenvalue weighted by Crippen LogP contribution is 2.37. The summed E-state index contributed by atoms with van der Waals surface area (Å²) in [5.74, 6) is -0.377. The quantitative estimate of drug-likeness (QED) is 0.316. The molecule has 0 bridgehead atoms. The molecule has 1 fully saturated rings. The van der Waals surface area contributed by atoms with E-state index in [1.165, 1.54) is 19.1 Å². The van der Waals surface area contributed by atoms with Gasteiger partial charge in [-0.05, 0) is 73.3 Å². The standard InChI is InChI=1S/C28H33N5O6S/c1-4-39-19-12-10-18(11-13-19)33(28(36)25-22(29)23(26(30)34)32-40-25)24(27(35)31-17-7-5-6-8-17)16-9-14-20(37-2)21(15-16)38-3/h9-15,17,24H,4-8,29H2,1-3H3,(H2,30,34)(H,31,35)/t24-/m1/s1. The summed E-state index contributed by atoms with van der Waals surface area (Å²) >= 11 is 0.750. The minimum absolute atomic E-state index is 0.0117. The molecule has 12 heteroatoms. The first-order valence-corrected chi connectivity index (χ1v) is 13.7. The molecular weight excluding hydrogens is 534 g/mol. The number of nitrogen functional groups attached to an aromatic ring is 1. The topological polar surface area (TPSA) is 159 Å². The molecular formula is C28H33N5O6S. The third kappa shape index (κ3) is 5.96. The first kappa shape index (κ1) is 28.7. The molecule has 40 heavy (non-hydrogen) atoms. The van der Waals surface area contributed by atoms with Crippen molar-refractivity contribution >= 4 is 40.6 Å². The van der Waals surface area contributed by atoms with Crippen molar-refractivity contribution in [2.24, 2.45) is 5.73 Å². The number of anilines is 2. The Labute approximate surface area is 236 Å². The maximum absolute atomic E-state index is 14.2. The van der Waals surface area contributed by atoms with Gasteiger partial charge >= 0.3 is 0 Å². The number of nitrogens with zero attached hydrogens (tertiary/aromatic N) is 2. The Balaban J connectivity index is 1.88. The Hall–Kier alpha value is -4.32. The lowest BCUT2D eigenvalue weighted by Gasteiger charge is -2.32. The van der Waals surface area contributed by atoms with Crippen LogP contribution in [0.2, 0.25) is 0 Å². The Bertz CT molecular complexity index is 1370. The molecule has 0 spiro atoms. The Kier molecular flexibility index (Phi) is 9.10. The number of hydrogen-bond donors (Lipinski definition) is 3. The lowest BCUT2D eigenvalue weighted by molar-refractivity contribution is -0.123. The van der Waals surface area contributed by atoms with Gasteiger partial charge < -0.3 is 31.0 Å². The minimum Gasteiger partial charge on any atom is -0.494 e. The number of benzene rings is 2. The lowest BCUT2D eigenvalue weighted by Crippen LogP contribution is -2.46. The van der Waals surface area contributed by atoms with E-state index in [2.05, 4.69) is 9.69 Å². The SMILES string of the molecule is CCOc1ccc(N(C(=O)c2snc(C(N)=O)c2N)[C@@H](C(=O)NC2CCCC2)c2ccc(OC)c(OC)c2)cc1. The molecule has 1 aromatic heterocycles. The van der Waals surface area contributed by atoms with Crippen LogP contribution in [0, 0.1) is 0 Å². The van der Waals surface area contributed by atoms with Crippen LogP contribution in [0.4, 0.5) is 11.4 Å². The average molecular weight is 568 g/mol. The predicted octanol–water partition coefficient (Wildman–Crippen LogP) is 3.69. The van der Waals surface area contributed by atoms with Crippen molar-refractivity contribution < 1.29 is 28.6 Å². The molecule has 1 saturated carbocycles. The van der Waals surface area contributed by atoms with Gasteiger partial charge in [-0.1, -0.05) is 18.9 Å². The van der Waals surface area contributed by atoms with Gasteiger partial charge in [0.1, 0.15) is 16.7 Å². The van der Waals surface area contributed by atoms with Gasteiger partial charge in [-0.15, -0.1) is 0 Å². The van der Waals surface area contributed by atoms with E-state index in [0.29, 0.717) is 35.1 Å². The van der Waals surface area contributed by atoms with Crippen molar-refractivity contribution in [2.75, 3.05) is 31.5 Å². The van der Waals surface area contributed by atoms with Gasteiger partial charge in [0.05, 0.1) is 26.5 Å². The number of rotatable bonds is 11. The van der Waals surface area contributed by atoms with Crippen LogP contribution in [0.15, 0.2) is 42.5 Å². The van der Waals surface area contributed by atoms with E-state index in [4.69, 9.17) is 25.7 Å². The predicted molar refractivity (Wildman–Crippen MR) is 152 cm³/mol. The summed E-state index contributed by atoms with van der Waals surface area (Å²) < 4.78 is 20.5. The smallest absolute Gasteiger partial charge is 0.273 e. The van der Waals surface area contributed by atoms with E-state index in [0.717, 1.165) is 37.2 Å². The fraction of sp³-hybridized carbons (Fsp3) is 0.357. The summed E-state index contributed by atoms with van der Waals surface area (Å²) in [5, 5.41) is 3.12. The van der Waals surface area contributed by atoms with Crippen molar-refractivity contribution in [1.29, 1.82) is 0 Å². The zero-order valence-electron chi connectivity index (χ0n) is 22.6. The fourth-order valence-electron chi connectivity index (χ4n) is 4.78. The zero-order chi connectivity index (χ0) is 28.8. The number of carbonyl (C=O) groups excluding carboxylic acids is 3. The van der Waals surface area contributed by atoms with Crippen LogP contribution in [0.25, 0.3) is 0 Å². The molecule has 3 amide bonds. The molecule has 0 unspecified atom stereocenters. The van der Waals surface area contributed by atoms with Gasteiger partial charge in [-0.2, -0.15) is 4.37 Å². The van der Waals surface area contributed by atoms with Gasteiger partial charge in [0.2, 0.25) is 5.91 Å². The number of primary amides is 1. The number of ether oxygens (including phenoxy) is 3. The maximum atomic E-state index is 14.2. The molecule has 4 rings (SSSR count). The Morgan fingerprint density at radius 1 is 1.07 bits per heavy atom. The van der Waals surface area contributed by atoms with Crippen LogP contribution < -0.4 is 35.9 Å². The van der Waals surface area contributed by atoms with E-state index in [1.807, 2.05) is 6.92 Å². The normalized spacial score (nSPS) is 13.9. The van der Waals surface area contributed by atoms with Gasteiger partial charge in [-0.3, -0.25) is 19.3 Å². The number of nitrogens with one attached hydrogen (secondary N) is 1. The maximum Gasteiger partial charge on any atom is 0.273 e. The molecule has 1 atom stereocenters. The summed E-state index contributed by atoms with van der Waals surface area (Å²) in [6.45, 7) is 2.33. The van der Waals surface area contributed by atoms with Crippen LogP contribution in [0.5, 0.6) is 17.2 Å². The number of hydrogen-bond acceptors (Lipinski definition) is 9.